The van der Waals surface area contributed by atoms with Crippen LogP contribution in [0.3, 0.4) is 0 Å². The van der Waals surface area contributed by atoms with Crippen molar-refractivity contribution in [1.29, 1.82) is 0 Å². The highest BCUT2D eigenvalue weighted by molar-refractivity contribution is 5.98. The van der Waals surface area contributed by atoms with Gasteiger partial charge in [-0.15, -0.1) is 0 Å². The van der Waals surface area contributed by atoms with E-state index in [4.69, 9.17) is 0 Å². The first kappa shape index (κ1) is 9.61. The Hall–Kier alpha value is -1.39. The van der Waals surface area contributed by atoms with Crippen molar-refractivity contribution in [3.05, 3.63) is 0 Å². The summed E-state index contributed by atoms with van der Waals surface area (Å²) < 4.78 is 4.53. The first-order chi connectivity index (χ1) is 5.20. The average Bonchev–Trinajstić information content (AvgIpc) is 1.97. The summed E-state index contributed by atoms with van der Waals surface area (Å²) in [4.78, 5) is 17.8. The van der Waals surface area contributed by atoms with Crippen LogP contribution in [0.5, 0.6) is 0 Å². The van der Waals surface area contributed by atoms with Gasteiger partial charge in [-0.3, -0.25) is 15.1 Å². The molecule has 0 aliphatic carbocycles. The van der Waals surface area contributed by atoms with Gasteiger partial charge in [0.05, 0.1) is 7.11 Å². The van der Waals surface area contributed by atoms with Crippen LogP contribution in [0.2, 0.25) is 0 Å². The molecule has 0 aromatic carbocycles. The normalized spacial score (nSPS) is 11.7. The number of rotatable bonds is 1. The molecule has 0 aliphatic heterocycles. The van der Waals surface area contributed by atoms with Crippen LogP contribution >= 0.6 is 0 Å². The Morgan fingerprint density at radius 1 is 1.64 bits per heavy atom. The van der Waals surface area contributed by atoms with E-state index >= 15 is 0 Å². The van der Waals surface area contributed by atoms with Gasteiger partial charge >= 0.3 is 0 Å². The summed E-state index contributed by atoms with van der Waals surface area (Å²) >= 11 is 0. The number of carbonyl (C=O) groups excluding carboxylic acids is 1. The summed E-state index contributed by atoms with van der Waals surface area (Å²) in [6.45, 7) is 1.38. The molecule has 62 valence electrons. The molecule has 0 saturated carbocycles. The molecule has 0 saturated heterocycles. The quantitative estimate of drug-likeness (QED) is 0.422. The van der Waals surface area contributed by atoms with Gasteiger partial charge in [0.1, 0.15) is 0 Å². The molecular weight excluding hydrogens is 146 g/mol. The second-order valence-corrected chi connectivity index (χ2v) is 1.70. The van der Waals surface area contributed by atoms with Gasteiger partial charge in [0.25, 0.3) is 0 Å². The molecule has 1 amide bonds. The molecule has 1 N–H and O–H groups in total. The van der Waals surface area contributed by atoms with Crippen LogP contribution in [-0.4, -0.2) is 32.4 Å². The molecule has 0 unspecified atom stereocenters. The number of hydrogen-bond donors (Lipinski definition) is 1. The number of nitrogens with zero attached hydrogens (tertiary/aromatic N) is 2. The lowest BCUT2D eigenvalue weighted by atomic mass is 10.7. The van der Waals surface area contributed by atoms with Gasteiger partial charge in [-0.2, -0.15) is 4.99 Å². The fourth-order valence-corrected chi connectivity index (χ4v) is 0.406. The molecule has 0 aromatic heterocycles. The van der Waals surface area contributed by atoms with Crippen molar-refractivity contribution < 1.29 is 9.53 Å². The summed E-state index contributed by atoms with van der Waals surface area (Å²) in [6.07, 6.45) is 1.19. The number of carbonyl (C=O) groups is 1. The summed E-state index contributed by atoms with van der Waals surface area (Å²) in [5.74, 6) is 0.0261. The molecule has 5 heteroatoms. The first-order valence-corrected chi connectivity index (χ1v) is 3.00. The molecule has 0 heterocycles. The Labute approximate surface area is 65.2 Å². The molecule has 0 rings (SSSR count). The first-order valence-electron chi connectivity index (χ1n) is 3.00. The van der Waals surface area contributed by atoms with E-state index < -0.39 is 0 Å². The van der Waals surface area contributed by atoms with Crippen molar-refractivity contribution in [2.24, 2.45) is 9.98 Å². The maximum atomic E-state index is 10.5. The van der Waals surface area contributed by atoms with Gasteiger partial charge in [-0.25, -0.2) is 0 Å². The molecule has 0 radical (unpaired) electrons. The van der Waals surface area contributed by atoms with Crippen LogP contribution in [-0.2, 0) is 9.53 Å². The third kappa shape index (κ3) is 5.07. The van der Waals surface area contributed by atoms with Crippen molar-refractivity contribution in [1.82, 2.24) is 5.32 Å². The van der Waals surface area contributed by atoms with E-state index in [1.165, 1.54) is 27.5 Å². The number of ether oxygens (including phenoxy) is 1. The fraction of sp³-hybridized carbons (Fsp3) is 0.500. The smallest absolute Gasteiger partial charge is 0.227 e. The molecule has 0 spiro atoms. The highest BCUT2D eigenvalue weighted by Gasteiger charge is 1.94. The molecule has 0 fully saturated rings. The van der Waals surface area contributed by atoms with Crippen LogP contribution in [0, 0.1) is 0 Å². The predicted molar refractivity (Wildman–Crippen MR) is 42.7 cm³/mol. The van der Waals surface area contributed by atoms with Crippen molar-refractivity contribution >= 4 is 18.3 Å². The van der Waals surface area contributed by atoms with E-state index in [1.807, 2.05) is 0 Å². The van der Waals surface area contributed by atoms with Crippen molar-refractivity contribution in [3.63, 3.8) is 0 Å². The second-order valence-electron chi connectivity index (χ2n) is 1.70. The highest BCUT2D eigenvalue weighted by Crippen LogP contribution is 1.74. The Balaban J connectivity index is 3.98. The van der Waals surface area contributed by atoms with E-state index in [-0.39, 0.29) is 11.9 Å². The summed E-state index contributed by atoms with van der Waals surface area (Å²) in [5.41, 5.74) is 0. The van der Waals surface area contributed by atoms with E-state index in [0.29, 0.717) is 0 Å². The molecule has 11 heavy (non-hydrogen) atoms. The zero-order chi connectivity index (χ0) is 8.69. The summed E-state index contributed by atoms with van der Waals surface area (Å²) in [6, 6.07) is 0. The molecule has 0 atom stereocenters. The molecule has 5 nitrogen and oxygen atoms in total. The Morgan fingerprint density at radius 3 is 2.64 bits per heavy atom. The number of methoxy groups -OCH3 is 1. The Morgan fingerprint density at radius 2 is 2.27 bits per heavy atom. The lowest BCUT2D eigenvalue weighted by Gasteiger charge is -1.97. The Kier molecular flexibility index (Phi) is 4.72. The largest absolute Gasteiger partial charge is 0.486 e. The van der Waals surface area contributed by atoms with Crippen LogP contribution in [0.1, 0.15) is 6.92 Å². The molecule has 0 aliphatic rings. The maximum absolute atomic E-state index is 10.5. The van der Waals surface area contributed by atoms with E-state index in [0.717, 1.165) is 0 Å². The third-order valence-corrected chi connectivity index (χ3v) is 0.780. The monoisotopic (exact) mass is 157 g/mol. The van der Waals surface area contributed by atoms with Gasteiger partial charge in [0.2, 0.25) is 11.9 Å². The lowest BCUT2D eigenvalue weighted by molar-refractivity contribution is -0.117. The summed E-state index contributed by atoms with van der Waals surface area (Å²) in [7, 11) is 2.99. The molecule has 0 bridgehead atoms. The number of guanidine groups is 1. The second kappa shape index (κ2) is 5.40. The maximum Gasteiger partial charge on any atom is 0.227 e. The topological polar surface area (TPSA) is 63.1 Å². The summed E-state index contributed by atoms with van der Waals surface area (Å²) in [5, 5.41) is 2.40. The van der Waals surface area contributed by atoms with Crippen LogP contribution in [0.4, 0.5) is 0 Å². The van der Waals surface area contributed by atoms with Gasteiger partial charge in [0, 0.05) is 14.0 Å². The number of nitrogens with one attached hydrogen (secondary N) is 1. The Bertz CT molecular complexity index is 186. The van der Waals surface area contributed by atoms with Gasteiger partial charge < -0.3 is 4.74 Å². The third-order valence-electron chi connectivity index (χ3n) is 0.780. The zero-order valence-electron chi connectivity index (χ0n) is 6.79. The highest BCUT2D eigenvalue weighted by atomic mass is 16.5. The lowest BCUT2D eigenvalue weighted by Crippen LogP contribution is -2.26. The predicted octanol–water partition coefficient (Wildman–Crippen LogP) is -0.217. The van der Waals surface area contributed by atoms with Crippen molar-refractivity contribution in [3.8, 4) is 0 Å². The van der Waals surface area contributed by atoms with Crippen LogP contribution < -0.4 is 5.32 Å². The molecule has 0 aromatic rings. The van der Waals surface area contributed by atoms with Gasteiger partial charge in [-0.1, -0.05) is 0 Å². The van der Waals surface area contributed by atoms with E-state index in [1.54, 1.807) is 0 Å². The van der Waals surface area contributed by atoms with Gasteiger partial charge in [-0.05, 0) is 0 Å². The average molecular weight is 157 g/mol. The number of hydrogen-bond acceptors (Lipinski definition) is 3. The minimum atomic E-state index is -0.209. The number of amides is 1. The fourth-order valence-electron chi connectivity index (χ4n) is 0.406. The minimum absolute atomic E-state index is 0.209. The number of aliphatic imine (C=N–C) groups is 2. The van der Waals surface area contributed by atoms with Crippen molar-refractivity contribution in [2.45, 2.75) is 6.92 Å². The van der Waals surface area contributed by atoms with Crippen molar-refractivity contribution in [2.75, 3.05) is 14.2 Å². The minimum Gasteiger partial charge on any atom is -0.486 e. The van der Waals surface area contributed by atoms with Gasteiger partial charge in [0.15, 0.2) is 6.40 Å². The standard InChI is InChI=1S/C6H11N3O2/c1-5(10)9-6(7-2)8-4-11-3/h4H,1-3H3,(H,7,9,10). The van der Waals surface area contributed by atoms with Crippen LogP contribution in [0.25, 0.3) is 0 Å². The SMILES string of the molecule is CN=C(N=COC)NC(C)=O. The zero-order valence-corrected chi connectivity index (χ0v) is 6.79. The van der Waals surface area contributed by atoms with E-state index in [2.05, 4.69) is 20.0 Å². The van der Waals surface area contributed by atoms with E-state index in [9.17, 15) is 4.79 Å². The van der Waals surface area contributed by atoms with Crippen LogP contribution in [0.15, 0.2) is 9.98 Å². The molecular formula is C6H11N3O2.